The Morgan fingerprint density at radius 2 is 1.80 bits per heavy atom. The summed E-state index contributed by atoms with van der Waals surface area (Å²) in [5.74, 6) is 0.878. The van der Waals surface area contributed by atoms with E-state index in [9.17, 15) is 9.59 Å². The van der Waals surface area contributed by atoms with E-state index in [1.54, 1.807) is 17.3 Å². The second kappa shape index (κ2) is 7.78. The van der Waals surface area contributed by atoms with Crippen molar-refractivity contribution in [2.45, 2.75) is 26.4 Å². The highest BCUT2D eigenvalue weighted by molar-refractivity contribution is 6.04. The van der Waals surface area contributed by atoms with E-state index < -0.39 is 5.60 Å². The van der Waals surface area contributed by atoms with Gasteiger partial charge in [0.2, 0.25) is 0 Å². The van der Waals surface area contributed by atoms with Crippen LogP contribution in [0.2, 0.25) is 0 Å². The molecule has 0 atom stereocenters. The molecule has 1 fully saturated rings. The normalized spacial score (nSPS) is 14.8. The van der Waals surface area contributed by atoms with Crippen molar-refractivity contribution >= 4 is 29.2 Å². The minimum atomic E-state index is -0.518. The summed E-state index contributed by atoms with van der Waals surface area (Å²) in [5.41, 5.74) is 2.28. The SMILES string of the molecule is CC(C)(C)OC(=O)N1CCN(c2[nH]c3ncccc3c2-c2cccnc2C=O)CC1. The number of carbonyl (C=O) groups is 2. The Bertz CT molecular complexity index is 1080. The Kier molecular flexibility index (Phi) is 5.15. The highest BCUT2D eigenvalue weighted by atomic mass is 16.6. The predicted molar refractivity (Wildman–Crippen MR) is 115 cm³/mol. The maximum atomic E-state index is 12.4. The Morgan fingerprint density at radius 1 is 1.10 bits per heavy atom. The molecule has 8 nitrogen and oxygen atoms in total. The molecule has 1 aliphatic heterocycles. The average Bonchev–Trinajstić information content (AvgIpc) is 3.12. The molecule has 0 bridgehead atoms. The number of aromatic nitrogens is 3. The van der Waals surface area contributed by atoms with Crippen LogP contribution in [0.1, 0.15) is 31.3 Å². The number of nitrogens with one attached hydrogen (secondary N) is 1. The van der Waals surface area contributed by atoms with Crippen molar-refractivity contribution in [3.8, 4) is 11.1 Å². The van der Waals surface area contributed by atoms with Gasteiger partial charge in [0.05, 0.1) is 0 Å². The van der Waals surface area contributed by atoms with Crippen LogP contribution >= 0.6 is 0 Å². The molecule has 3 aromatic heterocycles. The van der Waals surface area contributed by atoms with Crippen molar-refractivity contribution in [1.82, 2.24) is 19.9 Å². The predicted octanol–water partition coefficient (Wildman–Crippen LogP) is 3.49. The summed E-state index contributed by atoms with van der Waals surface area (Å²) >= 11 is 0. The van der Waals surface area contributed by atoms with Gasteiger partial charge in [-0.3, -0.25) is 9.78 Å². The van der Waals surface area contributed by atoms with Gasteiger partial charge in [-0.2, -0.15) is 0 Å². The lowest BCUT2D eigenvalue weighted by atomic mass is 10.0. The van der Waals surface area contributed by atoms with E-state index in [4.69, 9.17) is 4.74 Å². The van der Waals surface area contributed by atoms with Crippen LogP contribution in [0, 0.1) is 0 Å². The van der Waals surface area contributed by atoms with Gasteiger partial charge in [0.25, 0.3) is 0 Å². The van der Waals surface area contributed by atoms with Crippen molar-refractivity contribution in [3.63, 3.8) is 0 Å². The standard InChI is InChI=1S/C22H25N5O3/c1-22(2,3)30-21(29)27-12-10-26(11-13-27)20-18(15-6-4-8-23-17(15)14-28)16-7-5-9-24-19(16)25-20/h4-9,14H,10-13H2,1-3H3,(H,24,25). The van der Waals surface area contributed by atoms with Crippen LogP contribution in [-0.4, -0.2) is 64.0 Å². The Labute approximate surface area is 174 Å². The number of amides is 1. The molecule has 8 heteroatoms. The van der Waals surface area contributed by atoms with Crippen molar-refractivity contribution < 1.29 is 14.3 Å². The largest absolute Gasteiger partial charge is 0.444 e. The highest BCUT2D eigenvalue weighted by Gasteiger charge is 2.28. The summed E-state index contributed by atoms with van der Waals surface area (Å²) in [6, 6.07) is 7.57. The zero-order valence-corrected chi connectivity index (χ0v) is 17.4. The summed E-state index contributed by atoms with van der Waals surface area (Å²) in [7, 11) is 0. The molecule has 30 heavy (non-hydrogen) atoms. The number of fused-ring (bicyclic) bond motifs is 1. The number of pyridine rings is 2. The third-order valence-corrected chi connectivity index (χ3v) is 5.02. The first-order chi connectivity index (χ1) is 14.4. The van der Waals surface area contributed by atoms with Crippen LogP contribution in [0.15, 0.2) is 36.7 Å². The van der Waals surface area contributed by atoms with Gasteiger partial charge < -0.3 is 19.5 Å². The first-order valence-corrected chi connectivity index (χ1v) is 9.97. The summed E-state index contributed by atoms with van der Waals surface area (Å²) < 4.78 is 5.49. The summed E-state index contributed by atoms with van der Waals surface area (Å²) in [6.45, 7) is 7.96. The molecule has 0 radical (unpaired) electrons. The van der Waals surface area contributed by atoms with Crippen LogP contribution in [0.3, 0.4) is 0 Å². The Morgan fingerprint density at radius 3 is 2.50 bits per heavy atom. The fourth-order valence-corrected chi connectivity index (χ4v) is 3.68. The van der Waals surface area contributed by atoms with Gasteiger partial charge in [0.1, 0.15) is 22.8 Å². The molecule has 0 aromatic carbocycles. The zero-order chi connectivity index (χ0) is 21.3. The van der Waals surface area contributed by atoms with Crippen LogP contribution in [0.5, 0.6) is 0 Å². The summed E-state index contributed by atoms with van der Waals surface area (Å²) in [6.07, 6.45) is 3.82. The van der Waals surface area contributed by atoms with E-state index >= 15 is 0 Å². The number of piperazine rings is 1. The second-order valence-corrected chi connectivity index (χ2v) is 8.26. The molecular weight excluding hydrogens is 382 g/mol. The first kappa shape index (κ1) is 19.9. The number of ether oxygens (including phenoxy) is 1. The molecular formula is C22H25N5O3. The molecule has 156 valence electrons. The van der Waals surface area contributed by atoms with Gasteiger partial charge in [-0.15, -0.1) is 0 Å². The van der Waals surface area contributed by atoms with Crippen LogP contribution in [-0.2, 0) is 4.74 Å². The molecule has 1 aliphatic rings. The monoisotopic (exact) mass is 407 g/mol. The minimum Gasteiger partial charge on any atom is -0.444 e. The molecule has 0 unspecified atom stereocenters. The van der Waals surface area contributed by atoms with Gasteiger partial charge in [-0.25, -0.2) is 9.78 Å². The molecule has 1 saturated heterocycles. The minimum absolute atomic E-state index is 0.295. The van der Waals surface area contributed by atoms with E-state index in [2.05, 4.69) is 19.9 Å². The van der Waals surface area contributed by atoms with Crippen LogP contribution < -0.4 is 4.90 Å². The van der Waals surface area contributed by atoms with Crippen LogP contribution in [0.4, 0.5) is 10.6 Å². The molecule has 1 amide bonds. The van der Waals surface area contributed by atoms with E-state index in [1.807, 2.05) is 45.0 Å². The van der Waals surface area contributed by atoms with E-state index in [0.717, 1.165) is 34.3 Å². The van der Waals surface area contributed by atoms with Crippen LogP contribution in [0.25, 0.3) is 22.2 Å². The molecule has 0 aliphatic carbocycles. The second-order valence-electron chi connectivity index (χ2n) is 8.26. The third kappa shape index (κ3) is 3.85. The van der Waals surface area contributed by atoms with Gasteiger partial charge in [0, 0.05) is 55.1 Å². The molecule has 0 saturated carbocycles. The summed E-state index contributed by atoms with van der Waals surface area (Å²) in [4.78, 5) is 40.0. The molecule has 0 spiro atoms. The topological polar surface area (TPSA) is 91.4 Å². The van der Waals surface area contributed by atoms with E-state index in [-0.39, 0.29) is 6.09 Å². The number of aldehydes is 1. The lowest BCUT2D eigenvalue weighted by Gasteiger charge is -2.36. The molecule has 3 aromatic rings. The number of anilines is 1. The van der Waals surface area contributed by atoms with Gasteiger partial charge >= 0.3 is 6.09 Å². The molecule has 1 N–H and O–H groups in total. The Balaban J connectivity index is 1.66. The van der Waals surface area contributed by atoms with Crippen molar-refractivity contribution in [2.24, 2.45) is 0 Å². The molecule has 4 heterocycles. The number of aromatic amines is 1. The number of hydrogen-bond donors (Lipinski definition) is 1. The fourth-order valence-electron chi connectivity index (χ4n) is 3.68. The number of nitrogens with zero attached hydrogens (tertiary/aromatic N) is 4. The van der Waals surface area contributed by atoms with E-state index in [0.29, 0.717) is 31.9 Å². The maximum Gasteiger partial charge on any atom is 0.410 e. The first-order valence-electron chi connectivity index (χ1n) is 9.97. The quantitative estimate of drug-likeness (QED) is 0.668. The number of hydrogen-bond acceptors (Lipinski definition) is 6. The third-order valence-electron chi connectivity index (χ3n) is 5.02. The van der Waals surface area contributed by atoms with Gasteiger partial charge in [0.15, 0.2) is 6.29 Å². The lowest BCUT2D eigenvalue weighted by Crippen LogP contribution is -2.50. The van der Waals surface area contributed by atoms with E-state index in [1.165, 1.54) is 0 Å². The average molecular weight is 407 g/mol. The highest BCUT2D eigenvalue weighted by Crippen LogP contribution is 2.38. The smallest absolute Gasteiger partial charge is 0.410 e. The van der Waals surface area contributed by atoms with Gasteiger partial charge in [-0.05, 0) is 39.0 Å². The lowest BCUT2D eigenvalue weighted by molar-refractivity contribution is 0.0240. The maximum absolute atomic E-state index is 12.4. The van der Waals surface area contributed by atoms with Crippen molar-refractivity contribution in [3.05, 3.63) is 42.4 Å². The van der Waals surface area contributed by atoms with Gasteiger partial charge in [-0.1, -0.05) is 6.07 Å². The summed E-state index contributed by atoms with van der Waals surface area (Å²) in [5, 5.41) is 0.929. The molecule has 4 rings (SSSR count). The fraction of sp³-hybridized carbons (Fsp3) is 0.364. The van der Waals surface area contributed by atoms with Crippen molar-refractivity contribution in [1.29, 1.82) is 0 Å². The Hall–Kier alpha value is -3.42. The zero-order valence-electron chi connectivity index (χ0n) is 17.4. The number of H-pyrrole nitrogens is 1. The number of rotatable bonds is 3. The number of carbonyl (C=O) groups excluding carboxylic acids is 2. The van der Waals surface area contributed by atoms with Crippen molar-refractivity contribution in [2.75, 3.05) is 31.1 Å².